The van der Waals surface area contributed by atoms with E-state index in [2.05, 4.69) is 0 Å². The van der Waals surface area contributed by atoms with Gasteiger partial charge in [0.1, 0.15) is 3.82 Å². The Balaban J connectivity index is 0. The van der Waals surface area contributed by atoms with Crippen molar-refractivity contribution in [3.63, 3.8) is 0 Å². The highest BCUT2D eigenvalue weighted by molar-refractivity contribution is 6.99. The summed E-state index contributed by atoms with van der Waals surface area (Å²) in [7, 11) is 0. The topological polar surface area (TPSA) is 23.0 Å². The van der Waals surface area contributed by atoms with Crippen molar-refractivity contribution in [1.29, 1.82) is 0 Å². The van der Waals surface area contributed by atoms with Crippen molar-refractivity contribution in [2.75, 3.05) is 0 Å². The van der Waals surface area contributed by atoms with E-state index in [1.807, 2.05) is 6.07 Å². The number of rotatable bonds is 0. The van der Waals surface area contributed by atoms with Gasteiger partial charge in [-0.3, -0.25) is 0 Å². The van der Waals surface area contributed by atoms with Crippen molar-refractivity contribution in [1.82, 2.24) is 0 Å². The molecule has 0 saturated heterocycles. The number of halogens is 2. The summed E-state index contributed by atoms with van der Waals surface area (Å²) in [6.07, 6.45) is 1.46. The third-order valence-electron chi connectivity index (χ3n) is 0.562. The Bertz CT molecular complexity index is 184. The Kier molecular flexibility index (Phi) is 7.77. The molecule has 1 aromatic rings. The average molecular weight is 187 g/mol. The van der Waals surface area contributed by atoms with Crippen molar-refractivity contribution in [3.8, 4) is 0 Å². The molecule has 2 nitrogen and oxygen atoms in total. The van der Waals surface area contributed by atoms with Gasteiger partial charge >= 0.3 is 0 Å². The van der Waals surface area contributed by atoms with Crippen LogP contribution in [0.4, 0.5) is 0 Å². The van der Waals surface area contributed by atoms with E-state index in [0.717, 1.165) is 15.3 Å². The van der Waals surface area contributed by atoms with Crippen LogP contribution in [-0.4, -0.2) is 0 Å². The van der Waals surface area contributed by atoms with Gasteiger partial charge in [-0.05, 0) is 6.07 Å². The van der Waals surface area contributed by atoms with Crippen molar-refractivity contribution in [3.05, 3.63) is 28.6 Å². The fraction of sp³-hybridized carbons (Fsp3) is 0. The second kappa shape index (κ2) is 6.01. The lowest BCUT2D eigenvalue weighted by Gasteiger charge is -1.59. The van der Waals surface area contributed by atoms with Crippen LogP contribution in [0.1, 0.15) is 0 Å². The highest BCUT2D eigenvalue weighted by atomic mass is 35.5. The van der Waals surface area contributed by atoms with Crippen LogP contribution < -0.4 is 3.82 Å². The summed E-state index contributed by atoms with van der Waals surface area (Å²) in [6.45, 7) is 0. The minimum Gasteiger partial charge on any atom is -0.147 e. The first-order valence-corrected chi connectivity index (χ1v) is 2.70. The lowest BCUT2D eigenvalue weighted by molar-refractivity contribution is -0.415. The van der Waals surface area contributed by atoms with Crippen LogP contribution >= 0.6 is 36.3 Å². The summed E-state index contributed by atoms with van der Waals surface area (Å²) in [4.78, 5) is 10.2. The van der Waals surface area contributed by atoms with E-state index in [4.69, 9.17) is 0 Å². The van der Waals surface area contributed by atoms with Gasteiger partial charge in [0.15, 0.2) is 11.5 Å². The van der Waals surface area contributed by atoms with Crippen LogP contribution in [0.3, 0.4) is 0 Å². The van der Waals surface area contributed by atoms with Gasteiger partial charge in [0.2, 0.25) is 6.20 Å². The van der Waals surface area contributed by atoms with Crippen molar-refractivity contribution < 1.29 is 3.82 Å². The van der Waals surface area contributed by atoms with Gasteiger partial charge in [-0.25, -0.2) is 0 Å². The van der Waals surface area contributed by atoms with E-state index in [1.165, 1.54) is 6.20 Å². The first-order chi connectivity index (χ1) is 3.39. The Hall–Kier alpha value is -0.120. The van der Waals surface area contributed by atoms with Gasteiger partial charge in [0.05, 0.1) is 5.38 Å². The van der Waals surface area contributed by atoms with Crippen LogP contribution in [0.25, 0.3) is 0 Å². The maximum absolute atomic E-state index is 10.2. The zero-order chi connectivity index (χ0) is 5.11. The van der Waals surface area contributed by atoms with Crippen molar-refractivity contribution >= 4 is 36.3 Å². The Morgan fingerprint density at radius 3 is 2.11 bits per heavy atom. The van der Waals surface area contributed by atoms with Gasteiger partial charge in [-0.15, -0.1) is 24.8 Å². The molecule has 0 aromatic carbocycles. The van der Waals surface area contributed by atoms with Gasteiger partial charge in [-0.1, -0.05) is 0 Å². The Labute approximate surface area is 69.1 Å². The van der Waals surface area contributed by atoms with Gasteiger partial charge in [0.25, 0.3) is 0 Å². The van der Waals surface area contributed by atoms with Crippen LogP contribution in [0.2, 0.25) is 0 Å². The second-order valence-electron chi connectivity index (χ2n) is 1.06. The predicted molar refractivity (Wildman–Crippen MR) is 42.2 cm³/mol. The first kappa shape index (κ1) is 11.6. The third-order valence-corrected chi connectivity index (χ3v) is 1.17. The van der Waals surface area contributed by atoms with E-state index in [-0.39, 0.29) is 24.8 Å². The molecule has 1 heterocycles. The fourth-order valence-corrected chi connectivity index (χ4v) is 0.717. The summed E-state index contributed by atoms with van der Waals surface area (Å²) in [5.74, 6) is 0. The Morgan fingerprint density at radius 1 is 1.22 bits per heavy atom. The average Bonchev–Trinajstić information content (AvgIpc) is 1.69. The SMILES string of the molecule is Cl.Cl.O=[n+]1ccccs1. The lowest BCUT2D eigenvalue weighted by Crippen LogP contribution is -2.03. The fourth-order valence-electron chi connectivity index (χ4n) is 0.296. The normalized spacial score (nSPS) is 6.67. The molecule has 1 aromatic heterocycles. The third kappa shape index (κ3) is 4.39. The standard InChI is InChI=1S/C4H4NOS.2ClH/c6-5-3-1-2-4-7-5;;/h1-4H;2*1H/q+1;;. The molecule has 0 radical (unpaired) electrons. The monoisotopic (exact) mass is 186 g/mol. The van der Waals surface area contributed by atoms with E-state index in [0.29, 0.717) is 0 Å². The summed E-state index contributed by atoms with van der Waals surface area (Å²) in [6, 6.07) is 3.52. The highest BCUT2D eigenvalue weighted by Crippen LogP contribution is 1.79. The number of hydrogen-bond donors (Lipinski definition) is 0. The largest absolute Gasteiger partial charge is 0.244 e. The molecule has 0 aliphatic heterocycles. The zero-order valence-electron chi connectivity index (χ0n) is 4.39. The molecule has 0 bridgehead atoms. The second-order valence-corrected chi connectivity index (χ2v) is 1.90. The minimum atomic E-state index is 0. The maximum Gasteiger partial charge on any atom is 0.244 e. The number of hydrogen-bond acceptors (Lipinski definition) is 2. The van der Waals surface area contributed by atoms with Crippen LogP contribution in [0, 0.1) is 4.91 Å². The summed E-state index contributed by atoms with van der Waals surface area (Å²) < 4.78 is 0.792. The number of aromatic nitrogens is 1. The molecule has 0 spiro atoms. The van der Waals surface area contributed by atoms with E-state index in [1.54, 1.807) is 11.4 Å². The summed E-state index contributed by atoms with van der Waals surface area (Å²) >= 11 is 1.13. The number of nitrogens with zero attached hydrogens (tertiary/aromatic N) is 1. The van der Waals surface area contributed by atoms with Gasteiger partial charge in [-0.2, -0.15) is 0 Å². The molecule has 0 amide bonds. The molecule has 0 saturated carbocycles. The summed E-state index contributed by atoms with van der Waals surface area (Å²) in [5.41, 5.74) is 0. The van der Waals surface area contributed by atoms with Crippen molar-refractivity contribution in [2.24, 2.45) is 0 Å². The van der Waals surface area contributed by atoms with Crippen LogP contribution in [-0.2, 0) is 0 Å². The smallest absolute Gasteiger partial charge is 0.147 e. The van der Waals surface area contributed by atoms with E-state index < -0.39 is 0 Å². The predicted octanol–water partition coefficient (Wildman–Crippen LogP) is 1.51. The zero-order valence-corrected chi connectivity index (χ0v) is 6.84. The molecule has 0 aliphatic carbocycles. The highest BCUT2D eigenvalue weighted by Gasteiger charge is 1.81. The van der Waals surface area contributed by atoms with Crippen LogP contribution in [0.5, 0.6) is 0 Å². The van der Waals surface area contributed by atoms with Gasteiger partial charge < -0.3 is 0 Å². The first-order valence-electron chi connectivity index (χ1n) is 1.86. The van der Waals surface area contributed by atoms with E-state index in [9.17, 15) is 4.91 Å². The Morgan fingerprint density at radius 2 is 1.89 bits per heavy atom. The van der Waals surface area contributed by atoms with Crippen molar-refractivity contribution in [2.45, 2.75) is 0 Å². The molecule has 52 valence electrons. The minimum absolute atomic E-state index is 0. The molecule has 0 aliphatic rings. The lowest BCUT2D eigenvalue weighted by atomic mass is 10.7. The molecule has 0 unspecified atom stereocenters. The molecule has 0 fully saturated rings. The molecule has 1 rings (SSSR count). The quantitative estimate of drug-likeness (QED) is 0.564. The maximum atomic E-state index is 10.2. The van der Waals surface area contributed by atoms with Crippen LogP contribution in [0.15, 0.2) is 23.7 Å². The molecule has 9 heavy (non-hydrogen) atoms. The molecule has 0 N–H and O–H groups in total. The van der Waals surface area contributed by atoms with E-state index >= 15 is 0 Å². The molecular weight excluding hydrogens is 181 g/mol. The van der Waals surface area contributed by atoms with Gasteiger partial charge in [0, 0.05) is 11.0 Å². The molecule has 5 heteroatoms. The molecule has 0 atom stereocenters. The summed E-state index contributed by atoms with van der Waals surface area (Å²) in [5, 5.41) is 1.73. The molecular formula is C4H6Cl2NOS+.